The Labute approximate surface area is 320 Å². The maximum atomic E-state index is 17.0. The molecule has 5 nitrogen and oxygen atoms in total. The number of carbonyl (C=O) groups excluding carboxylic acids is 1. The van der Waals surface area contributed by atoms with E-state index < -0.39 is 22.9 Å². The number of hydrogen-bond donors (Lipinski definition) is 0. The molecule has 4 atom stereocenters. The molecule has 7 heteroatoms. The Hall–Kier alpha value is -6.21. The van der Waals surface area contributed by atoms with E-state index in [0.29, 0.717) is 19.3 Å². The van der Waals surface area contributed by atoms with Gasteiger partial charge in [-0.2, -0.15) is 10.2 Å². The zero-order valence-corrected chi connectivity index (χ0v) is 30.7. The lowest BCUT2D eigenvalue weighted by molar-refractivity contribution is -0.132. The van der Waals surface area contributed by atoms with Gasteiger partial charge in [-0.05, 0) is 104 Å². The van der Waals surface area contributed by atoms with Gasteiger partial charge < -0.3 is 0 Å². The van der Waals surface area contributed by atoms with E-state index in [2.05, 4.69) is 0 Å². The zero-order chi connectivity index (χ0) is 37.7. The van der Waals surface area contributed by atoms with Crippen LogP contribution in [0.25, 0.3) is 0 Å². The third-order valence-electron chi connectivity index (χ3n) is 11.7. The number of anilines is 2. The molecule has 0 amide bonds. The van der Waals surface area contributed by atoms with Gasteiger partial charge in [0.2, 0.25) is 0 Å². The molecule has 2 heterocycles. The van der Waals surface area contributed by atoms with E-state index >= 15 is 4.79 Å². The molecule has 6 aromatic carbocycles. The fourth-order valence-corrected chi connectivity index (χ4v) is 9.18. The van der Waals surface area contributed by atoms with Gasteiger partial charge in [0.25, 0.3) is 0 Å². The number of ketones is 1. The molecule has 55 heavy (non-hydrogen) atoms. The van der Waals surface area contributed by atoms with Crippen molar-refractivity contribution in [2.24, 2.45) is 10.2 Å². The summed E-state index contributed by atoms with van der Waals surface area (Å²) in [5, 5.41) is 14.8. The molecule has 0 saturated heterocycles. The van der Waals surface area contributed by atoms with Crippen LogP contribution in [0.5, 0.6) is 0 Å². The summed E-state index contributed by atoms with van der Waals surface area (Å²) in [4.78, 5) is 17.0. The number of Topliss-reactive ketones (excluding diaryl/α,β-unsaturated/α-hetero) is 1. The largest absolute Gasteiger partial charge is 0.294 e. The fraction of sp³-hybridized carbons (Fsp3) is 0.188. The van der Waals surface area contributed by atoms with Gasteiger partial charge in [-0.25, -0.2) is 8.78 Å². The van der Waals surface area contributed by atoms with Crippen LogP contribution < -0.4 is 10.0 Å². The number of aryl methyl sites for hydroxylation is 2. The van der Waals surface area contributed by atoms with Gasteiger partial charge in [0.1, 0.15) is 22.7 Å². The van der Waals surface area contributed by atoms with Crippen molar-refractivity contribution in [3.05, 3.63) is 203 Å². The first-order valence-electron chi connectivity index (χ1n) is 18.9. The molecule has 9 rings (SSSR count). The lowest BCUT2D eigenvalue weighted by atomic mass is 9.57. The summed E-state index contributed by atoms with van der Waals surface area (Å²) in [7, 11) is 0. The van der Waals surface area contributed by atoms with E-state index in [0.717, 1.165) is 56.2 Å². The summed E-state index contributed by atoms with van der Waals surface area (Å²) in [6.45, 7) is 4.08. The van der Waals surface area contributed by atoms with Crippen molar-refractivity contribution < 1.29 is 13.6 Å². The highest BCUT2D eigenvalue weighted by molar-refractivity contribution is 6.21. The zero-order valence-electron chi connectivity index (χ0n) is 30.7. The smallest absolute Gasteiger partial charge is 0.190 e. The van der Waals surface area contributed by atoms with Gasteiger partial charge in [0.15, 0.2) is 5.78 Å². The number of halogens is 2. The lowest BCUT2D eigenvalue weighted by Crippen LogP contribution is -2.70. The summed E-state index contributed by atoms with van der Waals surface area (Å²) >= 11 is 0. The van der Waals surface area contributed by atoms with Crippen molar-refractivity contribution in [1.82, 2.24) is 0 Å². The highest BCUT2D eigenvalue weighted by Crippen LogP contribution is 2.59. The molecular weight excluding hydrogens is 687 g/mol. The summed E-state index contributed by atoms with van der Waals surface area (Å²) < 4.78 is 29.4. The fourth-order valence-electron chi connectivity index (χ4n) is 9.18. The first-order chi connectivity index (χ1) is 26.8. The van der Waals surface area contributed by atoms with Crippen LogP contribution in [-0.4, -0.2) is 28.3 Å². The monoisotopic (exact) mass is 726 g/mol. The average Bonchev–Trinajstić information content (AvgIpc) is 3.73. The third kappa shape index (κ3) is 5.60. The van der Waals surface area contributed by atoms with Gasteiger partial charge in [0.05, 0.1) is 34.6 Å². The molecule has 1 fully saturated rings. The Balaban J connectivity index is 1.35. The molecule has 1 aliphatic carbocycles. The van der Waals surface area contributed by atoms with Crippen molar-refractivity contribution in [3.8, 4) is 0 Å². The summed E-state index contributed by atoms with van der Waals surface area (Å²) in [5.41, 5.74) is 6.06. The Bertz CT molecular complexity index is 2240. The predicted octanol–water partition coefficient (Wildman–Crippen LogP) is 10.5. The minimum absolute atomic E-state index is 0.0413. The van der Waals surface area contributed by atoms with E-state index in [1.54, 1.807) is 24.3 Å². The van der Waals surface area contributed by atoms with Crippen LogP contribution in [0.4, 0.5) is 20.2 Å². The maximum absolute atomic E-state index is 17.0. The molecule has 272 valence electrons. The SMILES string of the molecule is Cc1ccc(N2N=C(c3ccccc3)[C@H](c3ccc(F)cc3)C23CCCC2(C3=O)[C@H](c3ccc(F)cc3)C(c3ccccc3)=NN2c2ccc(C)cc2)cc1. The number of hydrazone groups is 2. The molecule has 0 N–H and O–H groups in total. The van der Waals surface area contributed by atoms with Crippen LogP contribution in [0.3, 0.4) is 0 Å². The first kappa shape index (κ1) is 34.6. The van der Waals surface area contributed by atoms with Gasteiger partial charge in [0, 0.05) is 0 Å². The molecule has 0 aromatic heterocycles. The summed E-state index contributed by atoms with van der Waals surface area (Å²) in [6.07, 6.45) is 1.63. The molecule has 3 aliphatic rings. The number of rotatable bonds is 6. The van der Waals surface area contributed by atoms with Crippen molar-refractivity contribution in [2.45, 2.75) is 56.0 Å². The van der Waals surface area contributed by atoms with Gasteiger partial charge in [-0.3, -0.25) is 14.8 Å². The third-order valence-corrected chi connectivity index (χ3v) is 11.7. The van der Waals surface area contributed by atoms with Crippen molar-refractivity contribution >= 4 is 28.6 Å². The second-order valence-corrected chi connectivity index (χ2v) is 15.0. The van der Waals surface area contributed by atoms with Crippen LogP contribution in [0.2, 0.25) is 0 Å². The number of hydrogen-bond acceptors (Lipinski definition) is 5. The van der Waals surface area contributed by atoms with Crippen LogP contribution in [-0.2, 0) is 4.79 Å². The molecule has 1 saturated carbocycles. The van der Waals surface area contributed by atoms with Gasteiger partial charge in [-0.1, -0.05) is 120 Å². The number of benzene rings is 6. The second kappa shape index (κ2) is 13.6. The minimum atomic E-state index is -1.26. The molecule has 0 bridgehead atoms. The highest BCUT2D eigenvalue weighted by atomic mass is 19.1. The van der Waals surface area contributed by atoms with Crippen molar-refractivity contribution in [2.75, 3.05) is 10.0 Å². The normalized spacial score (nSPS) is 23.4. The van der Waals surface area contributed by atoms with Crippen LogP contribution in [0.1, 0.15) is 64.5 Å². The predicted molar refractivity (Wildman–Crippen MR) is 216 cm³/mol. The second-order valence-electron chi connectivity index (χ2n) is 15.0. The lowest BCUT2D eigenvalue weighted by Gasteiger charge is -2.53. The van der Waals surface area contributed by atoms with E-state index in [-0.39, 0.29) is 17.4 Å². The number of carbonyl (C=O) groups is 1. The average molecular weight is 727 g/mol. The molecule has 6 aromatic rings. The number of nitrogens with zero attached hydrogens (tertiary/aromatic N) is 4. The quantitative estimate of drug-likeness (QED) is 0.172. The standard InChI is InChI=1S/C48H40F2N4O/c1-32-14-26-40(27-15-32)53-47(42(34-18-22-38(49)23-19-34)44(51-53)36-10-5-3-6-11-36)30-9-31-48(46(47)55)43(35-20-24-39(50)25-21-35)45(37-12-7-4-8-13-37)52-54(48)41-28-16-33(2)17-29-41/h3-8,10-29,42-43H,9,30-31H2,1-2H3/t42-,43+,47?,48?. The topological polar surface area (TPSA) is 48.3 Å². The maximum Gasteiger partial charge on any atom is 0.190 e. The summed E-state index contributed by atoms with van der Waals surface area (Å²) in [6, 6.07) is 49.3. The molecule has 2 spiro atoms. The Morgan fingerprint density at radius 1 is 0.509 bits per heavy atom. The molecule has 2 unspecified atom stereocenters. The van der Waals surface area contributed by atoms with E-state index in [1.807, 2.05) is 133 Å². The van der Waals surface area contributed by atoms with E-state index in [4.69, 9.17) is 10.2 Å². The van der Waals surface area contributed by atoms with Crippen LogP contribution >= 0.6 is 0 Å². The van der Waals surface area contributed by atoms with Crippen LogP contribution in [0, 0.1) is 25.5 Å². The van der Waals surface area contributed by atoms with Crippen LogP contribution in [0.15, 0.2) is 168 Å². The molecular formula is C48H40F2N4O. The first-order valence-corrected chi connectivity index (χ1v) is 18.9. The summed E-state index contributed by atoms with van der Waals surface area (Å²) in [5.74, 6) is -1.89. The van der Waals surface area contributed by atoms with Crippen molar-refractivity contribution in [1.29, 1.82) is 0 Å². The van der Waals surface area contributed by atoms with Gasteiger partial charge >= 0.3 is 0 Å². The minimum Gasteiger partial charge on any atom is -0.294 e. The molecule has 2 aliphatic heterocycles. The Morgan fingerprint density at radius 2 is 0.873 bits per heavy atom. The highest BCUT2D eigenvalue weighted by Gasteiger charge is 2.70. The van der Waals surface area contributed by atoms with E-state index in [9.17, 15) is 8.78 Å². The van der Waals surface area contributed by atoms with E-state index in [1.165, 1.54) is 24.3 Å². The Morgan fingerprint density at radius 3 is 1.24 bits per heavy atom. The molecule has 0 radical (unpaired) electrons. The van der Waals surface area contributed by atoms with Crippen molar-refractivity contribution in [3.63, 3.8) is 0 Å². The van der Waals surface area contributed by atoms with Gasteiger partial charge in [-0.15, -0.1) is 0 Å². The Kier molecular flexibility index (Phi) is 8.53.